The van der Waals surface area contributed by atoms with Crippen molar-refractivity contribution < 1.29 is 14.2 Å². The van der Waals surface area contributed by atoms with E-state index < -0.39 is 0 Å². The van der Waals surface area contributed by atoms with E-state index >= 15 is 0 Å². The molecule has 0 aliphatic rings. The predicted octanol–water partition coefficient (Wildman–Crippen LogP) is 10.0. The summed E-state index contributed by atoms with van der Waals surface area (Å²) in [4.78, 5) is 0. The normalized spacial score (nSPS) is 10.8. The van der Waals surface area contributed by atoms with E-state index in [2.05, 4.69) is 38.1 Å². The molecular formula is C41H42N4O3. The molecule has 244 valence electrons. The van der Waals surface area contributed by atoms with Gasteiger partial charge in [0.2, 0.25) is 0 Å². The summed E-state index contributed by atoms with van der Waals surface area (Å²) in [6.07, 6.45) is 0. The number of rotatable bonds is 8. The molecule has 0 saturated carbocycles. The molecule has 0 fully saturated rings. The number of nitrogen functional groups attached to an aromatic ring is 4. The smallest absolute Gasteiger partial charge is 0.132 e. The minimum atomic E-state index is -0.167. The highest BCUT2D eigenvalue weighted by molar-refractivity contribution is 5.58. The summed E-state index contributed by atoms with van der Waals surface area (Å²) in [5.74, 6) is 4.63. The first-order chi connectivity index (χ1) is 23.0. The van der Waals surface area contributed by atoms with Crippen molar-refractivity contribution in [1.29, 1.82) is 0 Å². The average Bonchev–Trinajstić information content (AvgIpc) is 3.08. The Balaban J connectivity index is 0.000000224. The number of ether oxygens (including phenoxy) is 3. The highest BCUT2D eigenvalue weighted by Crippen LogP contribution is 2.35. The first-order valence-corrected chi connectivity index (χ1v) is 15.7. The average molecular weight is 639 g/mol. The summed E-state index contributed by atoms with van der Waals surface area (Å²) < 4.78 is 17.7. The second kappa shape index (κ2) is 14.6. The van der Waals surface area contributed by atoms with E-state index in [4.69, 9.17) is 37.1 Å². The van der Waals surface area contributed by atoms with Gasteiger partial charge in [0.15, 0.2) is 0 Å². The summed E-state index contributed by atoms with van der Waals surface area (Å²) in [5, 5.41) is 0. The lowest BCUT2D eigenvalue weighted by molar-refractivity contribution is 0.476. The van der Waals surface area contributed by atoms with E-state index in [-0.39, 0.29) is 5.41 Å². The molecule has 0 unspecified atom stereocenters. The molecule has 0 saturated heterocycles. The van der Waals surface area contributed by atoms with Crippen LogP contribution in [-0.2, 0) is 5.41 Å². The number of benzene rings is 6. The van der Waals surface area contributed by atoms with Crippen LogP contribution in [0.1, 0.15) is 36.1 Å². The van der Waals surface area contributed by atoms with Gasteiger partial charge in [-0.1, -0.05) is 50.2 Å². The standard InChI is InChI=1S/C27H26N2O2.C14H16N2O/c1-27(2,19-3-11-23(12-4-19)30-25-15-7-21(28)8-16-25)20-5-13-24(14-6-20)31-26-17-9-22(29)10-18-26;1-9-11(15)5-3-7-13(9)17-14-8-4-6-12(16)10(14)2/h3-18H,28-29H2,1-2H3;3-8H,15-16H2,1-2H3. The van der Waals surface area contributed by atoms with Crippen molar-refractivity contribution >= 4 is 22.7 Å². The molecule has 0 aliphatic carbocycles. The zero-order valence-corrected chi connectivity index (χ0v) is 27.7. The monoisotopic (exact) mass is 638 g/mol. The van der Waals surface area contributed by atoms with Crippen molar-refractivity contribution in [3.05, 3.63) is 156 Å². The van der Waals surface area contributed by atoms with Gasteiger partial charge >= 0.3 is 0 Å². The molecule has 0 bridgehead atoms. The number of hydrogen-bond acceptors (Lipinski definition) is 7. The summed E-state index contributed by atoms with van der Waals surface area (Å²) in [6.45, 7) is 8.29. The van der Waals surface area contributed by atoms with Crippen LogP contribution in [0.3, 0.4) is 0 Å². The maximum absolute atomic E-state index is 5.91. The Kier molecular flexibility index (Phi) is 10.1. The van der Waals surface area contributed by atoms with Gasteiger partial charge < -0.3 is 37.1 Å². The van der Waals surface area contributed by atoms with Crippen LogP contribution in [0, 0.1) is 13.8 Å². The van der Waals surface area contributed by atoms with Gasteiger partial charge in [-0.2, -0.15) is 0 Å². The lowest BCUT2D eigenvalue weighted by atomic mass is 9.78. The molecule has 48 heavy (non-hydrogen) atoms. The van der Waals surface area contributed by atoms with Crippen LogP contribution in [0.5, 0.6) is 34.5 Å². The van der Waals surface area contributed by atoms with Gasteiger partial charge in [-0.05, 0) is 122 Å². The van der Waals surface area contributed by atoms with Crippen LogP contribution in [-0.4, -0.2) is 0 Å². The zero-order chi connectivity index (χ0) is 34.3. The summed E-state index contributed by atoms with van der Waals surface area (Å²) in [5.41, 5.74) is 30.1. The Morgan fingerprint density at radius 1 is 0.396 bits per heavy atom. The molecule has 7 nitrogen and oxygen atoms in total. The molecule has 0 spiro atoms. The molecule has 0 aromatic heterocycles. The van der Waals surface area contributed by atoms with Crippen LogP contribution < -0.4 is 37.1 Å². The molecule has 0 radical (unpaired) electrons. The topological polar surface area (TPSA) is 132 Å². The van der Waals surface area contributed by atoms with Gasteiger partial charge in [0.05, 0.1) is 0 Å². The molecule has 7 heteroatoms. The first kappa shape index (κ1) is 33.3. The zero-order valence-electron chi connectivity index (χ0n) is 27.7. The first-order valence-electron chi connectivity index (χ1n) is 15.7. The van der Waals surface area contributed by atoms with Crippen molar-refractivity contribution in [2.45, 2.75) is 33.1 Å². The van der Waals surface area contributed by atoms with E-state index in [0.29, 0.717) is 11.4 Å². The largest absolute Gasteiger partial charge is 0.457 e. The van der Waals surface area contributed by atoms with E-state index in [9.17, 15) is 0 Å². The molecular weight excluding hydrogens is 596 g/mol. The Morgan fingerprint density at radius 2 is 0.708 bits per heavy atom. The van der Waals surface area contributed by atoms with Crippen molar-refractivity contribution in [1.82, 2.24) is 0 Å². The second-order valence-electron chi connectivity index (χ2n) is 12.1. The van der Waals surface area contributed by atoms with Crippen molar-refractivity contribution in [2.24, 2.45) is 0 Å². The van der Waals surface area contributed by atoms with Gasteiger partial charge in [0, 0.05) is 39.3 Å². The molecule has 6 aromatic rings. The van der Waals surface area contributed by atoms with Crippen LogP contribution in [0.4, 0.5) is 22.7 Å². The Morgan fingerprint density at radius 3 is 1.04 bits per heavy atom. The number of anilines is 4. The van der Waals surface area contributed by atoms with E-state index in [1.54, 1.807) is 0 Å². The maximum Gasteiger partial charge on any atom is 0.132 e. The minimum Gasteiger partial charge on any atom is -0.457 e. The van der Waals surface area contributed by atoms with Gasteiger partial charge in [-0.3, -0.25) is 0 Å². The Labute approximate surface area is 282 Å². The molecule has 0 atom stereocenters. The molecule has 0 heterocycles. The quantitative estimate of drug-likeness (QED) is 0.122. The third-order valence-electron chi connectivity index (χ3n) is 8.26. The molecule has 0 aliphatic heterocycles. The molecule has 6 aromatic carbocycles. The van der Waals surface area contributed by atoms with Gasteiger partial charge in [-0.25, -0.2) is 0 Å². The summed E-state index contributed by atoms with van der Waals surface area (Å²) in [6, 6.07) is 42.4. The lowest BCUT2D eigenvalue weighted by Gasteiger charge is -2.26. The van der Waals surface area contributed by atoms with Gasteiger partial charge in [-0.15, -0.1) is 0 Å². The fourth-order valence-electron chi connectivity index (χ4n) is 4.99. The van der Waals surface area contributed by atoms with Crippen LogP contribution in [0.15, 0.2) is 133 Å². The molecule has 8 N–H and O–H groups in total. The number of hydrogen-bond donors (Lipinski definition) is 4. The van der Waals surface area contributed by atoms with Gasteiger partial charge in [0.1, 0.15) is 34.5 Å². The Bertz CT molecular complexity index is 1810. The fraction of sp³-hybridized carbons (Fsp3) is 0.122. The van der Waals surface area contributed by atoms with Crippen LogP contribution in [0.25, 0.3) is 0 Å². The van der Waals surface area contributed by atoms with E-state index in [1.807, 2.05) is 123 Å². The Hall–Kier alpha value is -6.08. The van der Waals surface area contributed by atoms with Crippen molar-refractivity contribution in [3.63, 3.8) is 0 Å². The number of nitrogens with two attached hydrogens (primary N) is 4. The van der Waals surface area contributed by atoms with Crippen LogP contribution >= 0.6 is 0 Å². The van der Waals surface area contributed by atoms with Crippen molar-refractivity contribution in [2.75, 3.05) is 22.9 Å². The van der Waals surface area contributed by atoms with Crippen molar-refractivity contribution in [3.8, 4) is 34.5 Å². The van der Waals surface area contributed by atoms with Gasteiger partial charge in [0.25, 0.3) is 0 Å². The third kappa shape index (κ3) is 8.19. The van der Waals surface area contributed by atoms with Crippen LogP contribution in [0.2, 0.25) is 0 Å². The SMILES string of the molecule is CC(C)(c1ccc(Oc2ccc(N)cc2)cc1)c1ccc(Oc2ccc(N)cc2)cc1.Cc1c(N)cccc1Oc1cccc(N)c1C. The highest BCUT2D eigenvalue weighted by atomic mass is 16.5. The van der Waals surface area contributed by atoms with E-state index in [1.165, 1.54) is 11.1 Å². The second-order valence-corrected chi connectivity index (χ2v) is 12.1. The molecule has 6 rings (SSSR count). The third-order valence-corrected chi connectivity index (χ3v) is 8.26. The predicted molar refractivity (Wildman–Crippen MR) is 198 cm³/mol. The molecule has 0 amide bonds. The summed E-state index contributed by atoms with van der Waals surface area (Å²) >= 11 is 0. The van der Waals surface area contributed by atoms with E-state index in [0.717, 1.165) is 57.0 Å². The maximum atomic E-state index is 5.91. The fourth-order valence-corrected chi connectivity index (χ4v) is 4.99. The summed E-state index contributed by atoms with van der Waals surface area (Å²) in [7, 11) is 0. The lowest BCUT2D eigenvalue weighted by Crippen LogP contribution is -2.18. The minimum absolute atomic E-state index is 0.167. The highest BCUT2D eigenvalue weighted by Gasteiger charge is 2.23.